The van der Waals surface area contributed by atoms with Gasteiger partial charge in [-0.2, -0.15) is 5.10 Å². The molecule has 3 rings (SSSR count). The highest BCUT2D eigenvalue weighted by atomic mass is 16.5. The van der Waals surface area contributed by atoms with Crippen LogP contribution < -0.4 is 10.1 Å². The van der Waals surface area contributed by atoms with Gasteiger partial charge in [-0.1, -0.05) is 24.3 Å². The molecule has 0 saturated carbocycles. The molecule has 6 heteroatoms. The lowest BCUT2D eigenvalue weighted by molar-refractivity contribution is 0.0820. The number of amides is 1. The molecule has 144 valence electrons. The first-order valence-electron chi connectivity index (χ1n) is 9.31. The zero-order chi connectivity index (χ0) is 19.4. The largest absolute Gasteiger partial charge is 0.496 e. The molecule has 1 aliphatic carbocycles. The lowest BCUT2D eigenvalue weighted by Crippen LogP contribution is -2.35. The summed E-state index contributed by atoms with van der Waals surface area (Å²) in [5.41, 5.74) is 3.94. The van der Waals surface area contributed by atoms with E-state index in [0.717, 1.165) is 48.4 Å². The normalized spacial score (nSPS) is 15.9. The number of benzene rings is 1. The number of allylic oxidation sites excluding steroid dienone is 1. The second-order valence-electron chi connectivity index (χ2n) is 7.08. The molecular weight excluding hydrogens is 340 g/mol. The molecule has 1 aromatic heterocycles. The molecule has 1 N–H and O–H groups in total. The standard InChI is InChI=1S/C21H28N4O2/c1-5-12-25-18-11-10-16(13-17(18)20(23-25)21(26)24(2)3)22-14-15-8-6-7-9-19(15)27-4/h5-9,16,22H,1,10-14H2,2-4H3. The van der Waals surface area contributed by atoms with E-state index in [1.807, 2.05) is 29.0 Å². The van der Waals surface area contributed by atoms with Gasteiger partial charge in [-0.05, 0) is 25.3 Å². The first kappa shape index (κ1) is 19.2. The Bertz CT molecular complexity index is 826. The molecule has 1 aliphatic rings. The fraction of sp³-hybridized carbons (Fsp3) is 0.429. The molecule has 0 radical (unpaired) electrons. The molecule has 0 fully saturated rings. The molecule has 0 aliphatic heterocycles. The average molecular weight is 368 g/mol. The van der Waals surface area contributed by atoms with E-state index >= 15 is 0 Å². The topological polar surface area (TPSA) is 59.4 Å². The second-order valence-corrected chi connectivity index (χ2v) is 7.08. The summed E-state index contributed by atoms with van der Waals surface area (Å²) in [4.78, 5) is 14.2. The second kappa shape index (κ2) is 8.39. The maximum Gasteiger partial charge on any atom is 0.274 e. The van der Waals surface area contributed by atoms with E-state index in [-0.39, 0.29) is 5.91 Å². The summed E-state index contributed by atoms with van der Waals surface area (Å²) >= 11 is 0. The first-order chi connectivity index (χ1) is 13.0. The van der Waals surface area contributed by atoms with E-state index in [0.29, 0.717) is 18.3 Å². The van der Waals surface area contributed by atoms with Gasteiger partial charge in [0.25, 0.3) is 5.91 Å². The quantitative estimate of drug-likeness (QED) is 0.763. The Morgan fingerprint density at radius 1 is 1.44 bits per heavy atom. The lowest BCUT2D eigenvalue weighted by Gasteiger charge is -2.25. The van der Waals surface area contributed by atoms with Gasteiger partial charge >= 0.3 is 0 Å². The van der Waals surface area contributed by atoms with E-state index in [2.05, 4.69) is 23.1 Å². The highest BCUT2D eigenvalue weighted by molar-refractivity contribution is 5.93. The summed E-state index contributed by atoms with van der Waals surface area (Å²) in [5.74, 6) is 0.850. The third kappa shape index (κ3) is 4.06. The molecule has 1 atom stereocenters. The van der Waals surface area contributed by atoms with Crippen LogP contribution in [-0.2, 0) is 25.9 Å². The third-order valence-electron chi connectivity index (χ3n) is 5.03. The molecule has 2 aromatic rings. The van der Waals surface area contributed by atoms with Gasteiger partial charge in [0.2, 0.25) is 0 Å². The third-order valence-corrected chi connectivity index (χ3v) is 5.03. The van der Waals surface area contributed by atoms with Gasteiger partial charge < -0.3 is 15.0 Å². The Hall–Kier alpha value is -2.60. The molecule has 0 saturated heterocycles. The van der Waals surface area contributed by atoms with Crippen molar-refractivity contribution in [3.8, 4) is 5.75 Å². The van der Waals surface area contributed by atoms with E-state index in [1.165, 1.54) is 0 Å². The summed E-state index contributed by atoms with van der Waals surface area (Å²) in [5, 5.41) is 8.22. The zero-order valence-electron chi connectivity index (χ0n) is 16.4. The van der Waals surface area contributed by atoms with Crippen LogP contribution in [0.2, 0.25) is 0 Å². The summed E-state index contributed by atoms with van der Waals surface area (Å²) < 4.78 is 7.36. The summed E-state index contributed by atoms with van der Waals surface area (Å²) in [6, 6.07) is 8.35. The van der Waals surface area contributed by atoms with Gasteiger partial charge in [0.15, 0.2) is 5.69 Å². The molecule has 1 amide bonds. The van der Waals surface area contributed by atoms with Gasteiger partial charge in [0, 0.05) is 43.5 Å². The van der Waals surface area contributed by atoms with Gasteiger partial charge in [0.05, 0.1) is 13.7 Å². The van der Waals surface area contributed by atoms with Crippen LogP contribution in [0.25, 0.3) is 0 Å². The van der Waals surface area contributed by atoms with Crippen molar-refractivity contribution in [2.75, 3.05) is 21.2 Å². The molecule has 1 aromatic carbocycles. The maximum absolute atomic E-state index is 12.6. The number of aromatic nitrogens is 2. The van der Waals surface area contributed by atoms with E-state index in [9.17, 15) is 4.79 Å². The molecule has 1 unspecified atom stereocenters. The van der Waals surface area contributed by atoms with Crippen LogP contribution in [0, 0.1) is 0 Å². The van der Waals surface area contributed by atoms with Crippen molar-refractivity contribution in [2.45, 2.75) is 38.4 Å². The van der Waals surface area contributed by atoms with Gasteiger partial charge in [-0.3, -0.25) is 9.48 Å². The minimum absolute atomic E-state index is 0.0422. The van der Waals surface area contributed by atoms with E-state index < -0.39 is 0 Å². The van der Waals surface area contributed by atoms with E-state index in [4.69, 9.17) is 4.74 Å². The van der Waals surface area contributed by atoms with Crippen molar-refractivity contribution >= 4 is 5.91 Å². The van der Waals surface area contributed by atoms with Crippen LogP contribution in [-0.4, -0.2) is 47.8 Å². The van der Waals surface area contributed by atoms with Crippen molar-refractivity contribution in [1.82, 2.24) is 20.0 Å². The zero-order valence-corrected chi connectivity index (χ0v) is 16.4. The summed E-state index contributed by atoms with van der Waals surface area (Å²) in [6.07, 6.45) is 4.54. The molecular formula is C21H28N4O2. The van der Waals surface area contributed by atoms with Crippen LogP contribution in [0.4, 0.5) is 0 Å². The molecule has 27 heavy (non-hydrogen) atoms. The predicted molar refractivity (Wildman–Crippen MR) is 106 cm³/mol. The Labute approximate surface area is 160 Å². The number of hydrogen-bond donors (Lipinski definition) is 1. The fourth-order valence-corrected chi connectivity index (χ4v) is 3.62. The molecule has 1 heterocycles. The Morgan fingerprint density at radius 3 is 2.93 bits per heavy atom. The van der Waals surface area contributed by atoms with Crippen LogP contribution in [0.3, 0.4) is 0 Å². The number of methoxy groups -OCH3 is 1. The number of rotatable bonds is 7. The van der Waals surface area contributed by atoms with Crippen LogP contribution in [0.5, 0.6) is 5.75 Å². The van der Waals surface area contributed by atoms with Crippen LogP contribution >= 0.6 is 0 Å². The van der Waals surface area contributed by atoms with Crippen LogP contribution in [0.1, 0.15) is 33.7 Å². The fourth-order valence-electron chi connectivity index (χ4n) is 3.62. The Morgan fingerprint density at radius 2 is 2.22 bits per heavy atom. The monoisotopic (exact) mass is 368 g/mol. The smallest absolute Gasteiger partial charge is 0.274 e. The number of nitrogens with one attached hydrogen (secondary N) is 1. The number of carbonyl (C=O) groups is 1. The highest BCUT2D eigenvalue weighted by Gasteiger charge is 2.29. The predicted octanol–water partition coefficient (Wildman–Crippen LogP) is 2.43. The molecule has 0 bridgehead atoms. The van der Waals surface area contributed by atoms with Crippen molar-refractivity contribution < 1.29 is 9.53 Å². The van der Waals surface area contributed by atoms with Crippen LogP contribution in [0.15, 0.2) is 36.9 Å². The van der Waals surface area contributed by atoms with Crippen molar-refractivity contribution in [3.63, 3.8) is 0 Å². The van der Waals surface area contributed by atoms with E-state index in [1.54, 1.807) is 26.1 Å². The number of ether oxygens (including phenoxy) is 1. The number of hydrogen-bond acceptors (Lipinski definition) is 4. The Balaban J connectivity index is 1.78. The lowest BCUT2D eigenvalue weighted by atomic mass is 9.91. The number of nitrogens with zero attached hydrogens (tertiary/aromatic N) is 3. The van der Waals surface area contributed by atoms with Crippen molar-refractivity contribution in [1.29, 1.82) is 0 Å². The molecule has 6 nitrogen and oxygen atoms in total. The SMILES string of the molecule is C=CCn1nc(C(=O)N(C)C)c2c1CCC(NCc1ccccc1OC)C2. The number of para-hydroxylation sites is 1. The number of fused-ring (bicyclic) bond motifs is 1. The van der Waals surface area contributed by atoms with Crippen molar-refractivity contribution in [3.05, 3.63) is 59.4 Å². The van der Waals surface area contributed by atoms with Gasteiger partial charge in [-0.15, -0.1) is 6.58 Å². The minimum Gasteiger partial charge on any atom is -0.496 e. The summed E-state index contributed by atoms with van der Waals surface area (Å²) in [7, 11) is 5.22. The van der Waals surface area contributed by atoms with Gasteiger partial charge in [-0.25, -0.2) is 0 Å². The maximum atomic E-state index is 12.6. The Kier molecular flexibility index (Phi) is 5.96. The number of carbonyl (C=O) groups excluding carboxylic acids is 1. The summed E-state index contributed by atoms with van der Waals surface area (Å²) in [6.45, 7) is 5.17. The minimum atomic E-state index is -0.0422. The molecule has 0 spiro atoms. The average Bonchev–Trinajstić information content (AvgIpc) is 3.04. The van der Waals surface area contributed by atoms with Crippen molar-refractivity contribution in [2.24, 2.45) is 0 Å². The first-order valence-corrected chi connectivity index (χ1v) is 9.31. The highest BCUT2D eigenvalue weighted by Crippen LogP contribution is 2.26. The van der Waals surface area contributed by atoms with Gasteiger partial charge in [0.1, 0.15) is 5.75 Å².